The van der Waals surface area contributed by atoms with Crippen molar-refractivity contribution in [3.05, 3.63) is 71.2 Å². The Hall–Kier alpha value is -2.75. The smallest absolute Gasteiger partial charge is 0.252 e. The van der Waals surface area contributed by atoms with E-state index in [9.17, 15) is 4.79 Å². The van der Waals surface area contributed by atoms with Gasteiger partial charge in [0.15, 0.2) is 0 Å². The van der Waals surface area contributed by atoms with Crippen LogP contribution in [-0.4, -0.2) is 21.9 Å². The topological polar surface area (TPSA) is 54.9 Å². The largest absolute Gasteiger partial charge is 0.349 e. The number of carbonyl (C=O) groups is 1. The summed E-state index contributed by atoms with van der Waals surface area (Å²) in [5.41, 5.74) is 4.68. The van der Waals surface area contributed by atoms with Crippen molar-refractivity contribution in [2.45, 2.75) is 33.2 Å². The fourth-order valence-corrected chi connectivity index (χ4v) is 2.88. The van der Waals surface area contributed by atoms with E-state index < -0.39 is 0 Å². The maximum atomic E-state index is 12.7. The van der Waals surface area contributed by atoms with E-state index in [0.717, 1.165) is 34.1 Å². The van der Waals surface area contributed by atoms with Crippen LogP contribution in [0.1, 0.15) is 34.1 Å². The molecule has 1 aromatic carbocycles. The van der Waals surface area contributed by atoms with Crippen molar-refractivity contribution in [1.82, 2.24) is 15.3 Å². The molecule has 3 aromatic rings. The number of nitrogens with one attached hydrogen (secondary N) is 1. The van der Waals surface area contributed by atoms with Gasteiger partial charge in [-0.25, -0.2) is 0 Å². The summed E-state index contributed by atoms with van der Waals surface area (Å²) in [6.45, 7) is 5.96. The summed E-state index contributed by atoms with van der Waals surface area (Å²) in [6, 6.07) is 11.8. The van der Waals surface area contributed by atoms with Crippen molar-refractivity contribution in [3.63, 3.8) is 0 Å². The maximum Gasteiger partial charge on any atom is 0.252 e. The summed E-state index contributed by atoms with van der Waals surface area (Å²) < 4.78 is 0. The average molecular weight is 319 g/mol. The molecule has 4 nitrogen and oxygen atoms in total. The zero-order valence-electron chi connectivity index (χ0n) is 14.2. The second-order valence-electron chi connectivity index (χ2n) is 6.27. The molecule has 1 N–H and O–H groups in total. The summed E-state index contributed by atoms with van der Waals surface area (Å²) in [6.07, 6.45) is 4.31. The van der Waals surface area contributed by atoms with Crippen molar-refractivity contribution in [2.75, 3.05) is 0 Å². The summed E-state index contributed by atoms with van der Waals surface area (Å²) in [7, 11) is 0. The molecule has 0 bridgehead atoms. The molecule has 122 valence electrons. The lowest BCUT2D eigenvalue weighted by molar-refractivity contribution is 0.0941. The van der Waals surface area contributed by atoms with E-state index in [-0.39, 0.29) is 11.9 Å². The van der Waals surface area contributed by atoms with Crippen molar-refractivity contribution >= 4 is 16.8 Å². The van der Waals surface area contributed by atoms with Crippen molar-refractivity contribution in [1.29, 1.82) is 0 Å². The average Bonchev–Trinajstić information content (AvgIpc) is 2.54. The van der Waals surface area contributed by atoms with Gasteiger partial charge in [0.2, 0.25) is 0 Å². The van der Waals surface area contributed by atoms with Gasteiger partial charge in [-0.3, -0.25) is 14.8 Å². The van der Waals surface area contributed by atoms with Crippen LogP contribution in [0.3, 0.4) is 0 Å². The number of hydrogen-bond donors (Lipinski definition) is 1. The number of fused-ring (bicyclic) bond motifs is 1. The van der Waals surface area contributed by atoms with E-state index in [2.05, 4.69) is 15.3 Å². The minimum absolute atomic E-state index is 0.0360. The van der Waals surface area contributed by atoms with Crippen molar-refractivity contribution < 1.29 is 4.79 Å². The highest BCUT2D eigenvalue weighted by molar-refractivity contribution is 6.06. The molecule has 4 heteroatoms. The van der Waals surface area contributed by atoms with Gasteiger partial charge in [0.25, 0.3) is 5.91 Å². The molecular formula is C20H21N3O. The summed E-state index contributed by atoms with van der Waals surface area (Å²) in [5.74, 6) is -0.0593. The number of nitrogens with zero attached hydrogens (tertiary/aromatic N) is 2. The highest BCUT2D eigenvalue weighted by atomic mass is 16.1. The number of pyridine rings is 2. The Labute approximate surface area is 142 Å². The lowest BCUT2D eigenvalue weighted by Crippen LogP contribution is -2.34. The Morgan fingerprint density at radius 3 is 2.62 bits per heavy atom. The van der Waals surface area contributed by atoms with Crippen LogP contribution < -0.4 is 5.32 Å². The predicted octanol–water partition coefficient (Wildman–Crippen LogP) is 3.61. The molecule has 0 aliphatic heterocycles. The number of carbonyl (C=O) groups excluding carboxylic acids is 1. The van der Waals surface area contributed by atoms with Crippen molar-refractivity contribution in [3.8, 4) is 0 Å². The Balaban J connectivity index is 1.83. The zero-order chi connectivity index (χ0) is 17.1. The van der Waals surface area contributed by atoms with Crippen LogP contribution in [0.25, 0.3) is 10.9 Å². The third-order valence-electron chi connectivity index (χ3n) is 4.01. The third kappa shape index (κ3) is 3.59. The summed E-state index contributed by atoms with van der Waals surface area (Å²) in [5, 5.41) is 3.98. The molecule has 3 rings (SSSR count). The quantitative estimate of drug-likeness (QED) is 0.799. The monoisotopic (exact) mass is 319 g/mol. The highest BCUT2D eigenvalue weighted by Crippen LogP contribution is 2.20. The van der Waals surface area contributed by atoms with E-state index in [1.54, 1.807) is 12.4 Å². The third-order valence-corrected chi connectivity index (χ3v) is 4.01. The first-order valence-electron chi connectivity index (χ1n) is 8.10. The lowest BCUT2D eigenvalue weighted by atomic mass is 10.0. The fourth-order valence-electron chi connectivity index (χ4n) is 2.88. The first kappa shape index (κ1) is 16.1. The maximum absolute atomic E-state index is 12.7. The molecule has 1 amide bonds. The van der Waals surface area contributed by atoms with Gasteiger partial charge in [0, 0.05) is 29.5 Å². The lowest BCUT2D eigenvalue weighted by Gasteiger charge is -2.15. The molecule has 1 atom stereocenters. The summed E-state index contributed by atoms with van der Waals surface area (Å²) in [4.78, 5) is 21.3. The minimum Gasteiger partial charge on any atom is -0.349 e. The number of aromatic nitrogens is 2. The van der Waals surface area contributed by atoms with E-state index in [1.165, 1.54) is 0 Å². The minimum atomic E-state index is -0.0593. The predicted molar refractivity (Wildman–Crippen MR) is 96.1 cm³/mol. The Morgan fingerprint density at radius 1 is 1.12 bits per heavy atom. The van der Waals surface area contributed by atoms with Crippen LogP contribution in [0.15, 0.2) is 48.8 Å². The van der Waals surface area contributed by atoms with Crippen LogP contribution in [-0.2, 0) is 6.42 Å². The van der Waals surface area contributed by atoms with E-state index in [1.807, 2.05) is 57.2 Å². The fraction of sp³-hybridized carbons (Fsp3) is 0.250. The number of rotatable bonds is 4. The molecule has 0 saturated carbocycles. The summed E-state index contributed by atoms with van der Waals surface area (Å²) >= 11 is 0. The van der Waals surface area contributed by atoms with Gasteiger partial charge >= 0.3 is 0 Å². The second-order valence-corrected chi connectivity index (χ2v) is 6.27. The first-order valence-corrected chi connectivity index (χ1v) is 8.10. The molecule has 0 aliphatic rings. The van der Waals surface area contributed by atoms with Gasteiger partial charge in [-0.2, -0.15) is 0 Å². The molecule has 0 fully saturated rings. The molecule has 1 unspecified atom stereocenters. The molecular weight excluding hydrogens is 298 g/mol. The van der Waals surface area contributed by atoms with Gasteiger partial charge in [-0.15, -0.1) is 0 Å². The van der Waals surface area contributed by atoms with Crippen LogP contribution in [0.4, 0.5) is 0 Å². The van der Waals surface area contributed by atoms with E-state index >= 15 is 0 Å². The molecule has 0 aliphatic carbocycles. The molecule has 2 heterocycles. The Bertz CT molecular complexity index is 869. The van der Waals surface area contributed by atoms with Crippen LogP contribution in [0, 0.1) is 13.8 Å². The van der Waals surface area contributed by atoms with Gasteiger partial charge in [-0.05, 0) is 62.6 Å². The van der Waals surface area contributed by atoms with Crippen molar-refractivity contribution in [2.24, 2.45) is 0 Å². The van der Waals surface area contributed by atoms with Crippen LogP contribution in [0.5, 0.6) is 0 Å². The molecule has 0 spiro atoms. The molecule has 24 heavy (non-hydrogen) atoms. The normalized spacial score (nSPS) is 12.1. The van der Waals surface area contributed by atoms with E-state index in [4.69, 9.17) is 0 Å². The molecule has 2 aromatic heterocycles. The van der Waals surface area contributed by atoms with E-state index in [0.29, 0.717) is 5.56 Å². The molecule has 0 saturated heterocycles. The molecule has 0 radical (unpaired) electrons. The Kier molecular flexibility index (Phi) is 4.56. The zero-order valence-corrected chi connectivity index (χ0v) is 14.2. The van der Waals surface area contributed by atoms with Gasteiger partial charge < -0.3 is 5.32 Å². The SMILES string of the molecule is Cc1ccc2c(C(=O)NC(C)Cc3ccncc3)cc(C)nc2c1. The number of amides is 1. The van der Waals surface area contributed by atoms with Crippen LogP contribution in [0.2, 0.25) is 0 Å². The first-order chi connectivity index (χ1) is 11.5. The number of hydrogen-bond acceptors (Lipinski definition) is 3. The van der Waals surface area contributed by atoms with Crippen LogP contribution >= 0.6 is 0 Å². The Morgan fingerprint density at radius 2 is 1.88 bits per heavy atom. The van der Waals surface area contributed by atoms with Gasteiger partial charge in [0.05, 0.1) is 11.1 Å². The standard InChI is InChI=1S/C20H21N3O/c1-13-4-5-17-18(12-15(3)22-19(17)10-13)20(24)23-14(2)11-16-6-8-21-9-7-16/h4-10,12,14H,11H2,1-3H3,(H,23,24). The van der Waals surface area contributed by atoms with Gasteiger partial charge in [-0.1, -0.05) is 12.1 Å². The number of benzene rings is 1. The highest BCUT2D eigenvalue weighted by Gasteiger charge is 2.14. The second kappa shape index (κ2) is 6.79. The number of aryl methyl sites for hydroxylation is 2. The van der Waals surface area contributed by atoms with Gasteiger partial charge in [0.1, 0.15) is 0 Å².